The molecule has 0 aliphatic carbocycles. The Hall–Kier alpha value is -2.84. The molecule has 1 amide bonds. The summed E-state index contributed by atoms with van der Waals surface area (Å²) in [7, 11) is 0. The number of aromatic nitrogens is 2. The first-order valence-corrected chi connectivity index (χ1v) is 7.47. The number of halogens is 3. The SMILES string of the molecule is O=C(O)[C@@H]1CN(C(=O)c2ccnn2-c2ccccc2)C[C@H]1C(F)(F)F. The smallest absolute Gasteiger partial charge is 0.394 e. The van der Waals surface area contributed by atoms with Crippen molar-refractivity contribution in [3.63, 3.8) is 0 Å². The minimum atomic E-state index is -4.68. The van der Waals surface area contributed by atoms with Gasteiger partial charge in [0.15, 0.2) is 0 Å². The van der Waals surface area contributed by atoms with Crippen LogP contribution in [0.3, 0.4) is 0 Å². The van der Waals surface area contributed by atoms with Crippen molar-refractivity contribution in [1.29, 1.82) is 0 Å². The number of aliphatic carboxylic acids is 1. The van der Waals surface area contributed by atoms with Crippen molar-refractivity contribution < 1.29 is 27.9 Å². The Morgan fingerprint density at radius 1 is 1.12 bits per heavy atom. The third-order valence-corrected chi connectivity index (χ3v) is 4.21. The van der Waals surface area contributed by atoms with E-state index in [1.165, 1.54) is 16.9 Å². The lowest BCUT2D eigenvalue weighted by Gasteiger charge is -2.18. The molecule has 1 aromatic heterocycles. The molecule has 132 valence electrons. The molecule has 1 aliphatic heterocycles. The van der Waals surface area contributed by atoms with E-state index < -0.39 is 43.0 Å². The molecule has 2 heterocycles. The van der Waals surface area contributed by atoms with Gasteiger partial charge in [-0.25, -0.2) is 4.68 Å². The highest BCUT2D eigenvalue weighted by atomic mass is 19.4. The van der Waals surface area contributed by atoms with Crippen LogP contribution in [0.2, 0.25) is 0 Å². The third kappa shape index (κ3) is 3.21. The molecule has 0 unspecified atom stereocenters. The molecule has 1 aliphatic rings. The molecule has 2 aromatic rings. The number of carboxylic acid groups (broad SMARTS) is 1. The fourth-order valence-corrected chi connectivity index (χ4v) is 2.95. The fraction of sp³-hybridized carbons (Fsp3) is 0.312. The number of amides is 1. The number of likely N-dealkylation sites (tertiary alicyclic amines) is 1. The molecule has 2 atom stereocenters. The quantitative estimate of drug-likeness (QED) is 0.918. The molecule has 1 fully saturated rings. The molecule has 6 nitrogen and oxygen atoms in total. The van der Waals surface area contributed by atoms with Gasteiger partial charge >= 0.3 is 12.1 Å². The Kier molecular flexibility index (Phi) is 4.23. The largest absolute Gasteiger partial charge is 0.481 e. The van der Waals surface area contributed by atoms with Crippen molar-refractivity contribution in [2.75, 3.05) is 13.1 Å². The van der Waals surface area contributed by atoms with Crippen LogP contribution in [-0.2, 0) is 4.79 Å². The molecule has 0 saturated carbocycles. The predicted octanol–water partition coefficient (Wildman–Crippen LogP) is 2.21. The maximum atomic E-state index is 13.1. The Morgan fingerprint density at radius 2 is 1.80 bits per heavy atom. The number of hydrogen-bond acceptors (Lipinski definition) is 3. The average molecular weight is 353 g/mol. The molecule has 1 N–H and O–H groups in total. The van der Waals surface area contributed by atoms with E-state index in [2.05, 4.69) is 5.10 Å². The summed E-state index contributed by atoms with van der Waals surface area (Å²) in [6, 6.07) is 10.0. The summed E-state index contributed by atoms with van der Waals surface area (Å²) in [6.07, 6.45) is -3.32. The zero-order valence-electron chi connectivity index (χ0n) is 12.8. The van der Waals surface area contributed by atoms with Crippen LogP contribution in [0.15, 0.2) is 42.6 Å². The van der Waals surface area contributed by atoms with Gasteiger partial charge in [-0.15, -0.1) is 0 Å². The summed E-state index contributed by atoms with van der Waals surface area (Å²) in [4.78, 5) is 24.7. The summed E-state index contributed by atoms with van der Waals surface area (Å²) >= 11 is 0. The van der Waals surface area contributed by atoms with Gasteiger partial charge in [0.25, 0.3) is 5.91 Å². The van der Waals surface area contributed by atoms with E-state index in [0.29, 0.717) is 5.69 Å². The summed E-state index contributed by atoms with van der Waals surface area (Å²) < 4.78 is 40.5. The second kappa shape index (κ2) is 6.23. The van der Waals surface area contributed by atoms with Crippen molar-refractivity contribution in [2.24, 2.45) is 11.8 Å². The summed E-state index contributed by atoms with van der Waals surface area (Å²) in [6.45, 7) is -1.17. The van der Waals surface area contributed by atoms with Crippen LogP contribution in [0, 0.1) is 11.8 Å². The number of nitrogens with zero attached hydrogens (tertiary/aromatic N) is 3. The molecule has 0 bridgehead atoms. The van der Waals surface area contributed by atoms with E-state index >= 15 is 0 Å². The predicted molar refractivity (Wildman–Crippen MR) is 80.1 cm³/mol. The average Bonchev–Trinajstić information content (AvgIpc) is 3.22. The molecule has 1 saturated heterocycles. The number of rotatable bonds is 3. The lowest BCUT2D eigenvalue weighted by atomic mass is 9.96. The molecular weight excluding hydrogens is 339 g/mol. The Bertz CT molecular complexity index is 789. The maximum Gasteiger partial charge on any atom is 0.394 e. The molecule has 0 radical (unpaired) electrons. The van der Waals surface area contributed by atoms with Gasteiger partial charge in [-0.2, -0.15) is 18.3 Å². The Labute approximate surface area is 140 Å². The van der Waals surface area contributed by atoms with Crippen LogP contribution in [0.5, 0.6) is 0 Å². The van der Waals surface area contributed by atoms with Crippen molar-refractivity contribution in [3.05, 3.63) is 48.3 Å². The number of carbonyl (C=O) groups is 2. The van der Waals surface area contributed by atoms with Gasteiger partial charge in [0.1, 0.15) is 5.69 Å². The molecule has 0 spiro atoms. The van der Waals surface area contributed by atoms with Crippen LogP contribution in [0.25, 0.3) is 5.69 Å². The lowest BCUT2D eigenvalue weighted by Crippen LogP contribution is -2.34. The second-order valence-electron chi connectivity index (χ2n) is 5.77. The second-order valence-corrected chi connectivity index (χ2v) is 5.77. The first kappa shape index (κ1) is 17.0. The first-order valence-electron chi connectivity index (χ1n) is 7.47. The first-order chi connectivity index (χ1) is 11.8. The molecule has 1 aromatic carbocycles. The van der Waals surface area contributed by atoms with Crippen LogP contribution in [-0.4, -0.2) is 50.9 Å². The zero-order valence-corrected chi connectivity index (χ0v) is 12.8. The fourth-order valence-electron chi connectivity index (χ4n) is 2.95. The highest BCUT2D eigenvalue weighted by molar-refractivity contribution is 5.93. The van der Waals surface area contributed by atoms with E-state index in [9.17, 15) is 22.8 Å². The minimum absolute atomic E-state index is 0.0816. The van der Waals surface area contributed by atoms with Crippen molar-refractivity contribution in [3.8, 4) is 5.69 Å². The van der Waals surface area contributed by atoms with Crippen LogP contribution >= 0.6 is 0 Å². The van der Waals surface area contributed by atoms with E-state index in [1.54, 1.807) is 30.3 Å². The highest BCUT2D eigenvalue weighted by Gasteiger charge is 2.53. The van der Waals surface area contributed by atoms with Crippen LogP contribution in [0.1, 0.15) is 10.5 Å². The summed E-state index contributed by atoms with van der Waals surface area (Å²) in [5.74, 6) is -5.99. The van der Waals surface area contributed by atoms with E-state index in [0.717, 1.165) is 4.90 Å². The van der Waals surface area contributed by atoms with Gasteiger partial charge in [0.2, 0.25) is 0 Å². The van der Waals surface area contributed by atoms with Gasteiger partial charge in [0, 0.05) is 13.1 Å². The van der Waals surface area contributed by atoms with Crippen molar-refractivity contribution in [1.82, 2.24) is 14.7 Å². The third-order valence-electron chi connectivity index (χ3n) is 4.21. The van der Waals surface area contributed by atoms with E-state index in [1.807, 2.05) is 0 Å². The van der Waals surface area contributed by atoms with E-state index in [4.69, 9.17) is 5.11 Å². The van der Waals surface area contributed by atoms with E-state index in [-0.39, 0.29) is 5.69 Å². The van der Waals surface area contributed by atoms with Gasteiger partial charge in [-0.1, -0.05) is 18.2 Å². The zero-order chi connectivity index (χ0) is 18.2. The number of benzene rings is 1. The molecule has 9 heteroatoms. The Morgan fingerprint density at radius 3 is 2.36 bits per heavy atom. The number of hydrogen-bond donors (Lipinski definition) is 1. The lowest BCUT2D eigenvalue weighted by molar-refractivity contribution is -0.187. The summed E-state index contributed by atoms with van der Waals surface area (Å²) in [5.41, 5.74) is 0.662. The van der Waals surface area contributed by atoms with Gasteiger partial charge < -0.3 is 10.0 Å². The monoisotopic (exact) mass is 353 g/mol. The maximum absolute atomic E-state index is 13.1. The minimum Gasteiger partial charge on any atom is -0.481 e. The number of para-hydroxylation sites is 1. The summed E-state index contributed by atoms with van der Waals surface area (Å²) in [5, 5.41) is 13.1. The molecule has 25 heavy (non-hydrogen) atoms. The topological polar surface area (TPSA) is 75.4 Å². The normalized spacial score (nSPS) is 20.7. The highest BCUT2D eigenvalue weighted by Crippen LogP contribution is 2.38. The van der Waals surface area contributed by atoms with Gasteiger partial charge in [0.05, 0.1) is 23.7 Å². The van der Waals surface area contributed by atoms with Gasteiger partial charge in [-0.05, 0) is 18.2 Å². The molecule has 3 rings (SSSR count). The standard InChI is InChI=1S/C16H14F3N3O3/c17-16(18,19)12-9-21(8-11(12)15(24)25)14(23)13-6-7-20-22(13)10-4-2-1-3-5-10/h1-7,11-12H,8-9H2,(H,24,25)/t11-,12-/m1/s1. The van der Waals surface area contributed by atoms with Crippen LogP contribution in [0.4, 0.5) is 13.2 Å². The van der Waals surface area contributed by atoms with Crippen molar-refractivity contribution in [2.45, 2.75) is 6.18 Å². The molecular formula is C16H14F3N3O3. The van der Waals surface area contributed by atoms with Crippen molar-refractivity contribution >= 4 is 11.9 Å². The number of carboxylic acids is 1. The van der Waals surface area contributed by atoms with Gasteiger partial charge in [-0.3, -0.25) is 9.59 Å². The Balaban J connectivity index is 1.88. The number of carbonyl (C=O) groups excluding carboxylic acids is 1. The number of alkyl halides is 3. The van der Waals surface area contributed by atoms with Crippen LogP contribution < -0.4 is 0 Å².